The molecule has 20 heteroatoms. The van der Waals surface area contributed by atoms with Gasteiger partial charge in [-0.3, -0.25) is 19.3 Å². The standard InChI is InChI=1S/C11H17NO3.C10H13N3O2.C8H11N3O.C8H12O3.C5H13NO.2CH4.Na.H2O/c1-4-15-11(14)9(7-12(2)3)10(13)8-5-6-8;1-2-15-9(14)7-5-12-10(11)13-8(7)6-3-4-6;9-8-10-3-6(4-12)7(11-8)5-1-2-5;1-2-11-8(10)5-7(9)6-3-4-6;1-5(7-4)6(2)3;;;;/h7-8H,4-6H2,1-3H3;5-6H,2-4H2,1H3,(H2,11,12,13);3,5,12H,1-2,4H2,(H2,9,10,11);6H,2-5H2,1H3;5H,1-4H3;2*1H4;;1H2/q;;;;;;;+1;/p-1/b9-7-;;;;;;;;. The van der Waals surface area contributed by atoms with Gasteiger partial charge in [-0.1, -0.05) is 14.9 Å². The van der Waals surface area contributed by atoms with Crippen molar-refractivity contribution in [3.8, 4) is 0 Å². The Labute approximate surface area is 402 Å². The molecule has 6 rings (SSSR count). The van der Waals surface area contributed by atoms with Crippen molar-refractivity contribution in [2.75, 3.05) is 66.6 Å². The number of methoxy groups -OCH3 is 1. The maximum absolute atomic E-state index is 11.8. The quantitative estimate of drug-likeness (QED) is 0.0413. The van der Waals surface area contributed by atoms with E-state index in [9.17, 15) is 24.0 Å². The molecule has 0 aliphatic heterocycles. The van der Waals surface area contributed by atoms with Crippen LogP contribution in [0.5, 0.6) is 0 Å². The van der Waals surface area contributed by atoms with Crippen molar-refractivity contribution < 1.29 is 83.1 Å². The molecule has 0 spiro atoms. The molecule has 358 valence electrons. The van der Waals surface area contributed by atoms with Crippen LogP contribution in [0, 0.1) is 11.8 Å². The summed E-state index contributed by atoms with van der Waals surface area (Å²) in [5.41, 5.74) is 14.0. The number of esters is 3. The molecule has 0 saturated heterocycles. The molecule has 2 aromatic heterocycles. The summed E-state index contributed by atoms with van der Waals surface area (Å²) in [5, 5.41) is 8.97. The number of anilines is 2. The number of nitrogens with two attached hydrogens (primary N) is 2. The molecule has 4 saturated carbocycles. The van der Waals surface area contributed by atoms with Crippen molar-refractivity contribution in [3.05, 3.63) is 46.7 Å². The van der Waals surface area contributed by atoms with Gasteiger partial charge in [0.05, 0.1) is 43.4 Å². The number of Topliss-reactive ketones (excluding diaryl/α,β-unsaturated/α-hetero) is 2. The molecule has 1 unspecified atom stereocenters. The van der Waals surface area contributed by atoms with E-state index in [0.717, 1.165) is 68.3 Å². The number of hydrogen-bond acceptors (Lipinski definition) is 19. The first kappa shape index (κ1) is 64.2. The Bertz CT molecular complexity index is 1750. The molecule has 64 heavy (non-hydrogen) atoms. The molecule has 0 radical (unpaired) electrons. The predicted octanol–water partition coefficient (Wildman–Crippen LogP) is 2.07. The van der Waals surface area contributed by atoms with Gasteiger partial charge >= 0.3 is 47.5 Å². The van der Waals surface area contributed by atoms with Gasteiger partial charge in [-0.05, 0) is 93.2 Å². The number of aliphatic hydroxyl groups is 1. The molecule has 4 fully saturated rings. The van der Waals surface area contributed by atoms with Crippen LogP contribution < -0.4 is 41.0 Å². The molecule has 19 nitrogen and oxygen atoms in total. The van der Waals surface area contributed by atoms with E-state index < -0.39 is 5.97 Å². The molecular formula is C44H75N8NaO11. The summed E-state index contributed by atoms with van der Waals surface area (Å²) in [6, 6.07) is 0. The molecule has 4 aliphatic rings. The number of ether oxygens (including phenoxy) is 4. The molecule has 0 aromatic carbocycles. The fourth-order valence-corrected chi connectivity index (χ4v) is 5.07. The van der Waals surface area contributed by atoms with Crippen molar-refractivity contribution in [2.24, 2.45) is 11.8 Å². The molecule has 2 aromatic rings. The minimum Gasteiger partial charge on any atom is -0.870 e. The van der Waals surface area contributed by atoms with Gasteiger partial charge in [0, 0.05) is 69.0 Å². The van der Waals surface area contributed by atoms with E-state index in [-0.39, 0.29) is 116 Å². The van der Waals surface area contributed by atoms with Gasteiger partial charge in [-0.25, -0.2) is 29.5 Å². The second-order valence-electron chi connectivity index (χ2n) is 15.0. The average Bonchev–Trinajstić information content (AvgIpc) is 4.00. The van der Waals surface area contributed by atoms with Gasteiger partial charge in [0.1, 0.15) is 24.0 Å². The number of carbonyl (C=O) groups excluding carboxylic acids is 5. The number of carbonyl (C=O) groups is 5. The summed E-state index contributed by atoms with van der Waals surface area (Å²) in [6.07, 6.45) is 12.9. The molecule has 1 atom stereocenters. The first-order chi connectivity index (χ1) is 28.5. The second-order valence-corrected chi connectivity index (χ2v) is 15.0. The van der Waals surface area contributed by atoms with Crippen LogP contribution in [0.15, 0.2) is 24.2 Å². The summed E-state index contributed by atoms with van der Waals surface area (Å²) in [7, 11) is 9.21. The van der Waals surface area contributed by atoms with Crippen LogP contribution in [0.3, 0.4) is 0 Å². The van der Waals surface area contributed by atoms with Crippen molar-refractivity contribution in [3.63, 3.8) is 0 Å². The first-order valence-corrected chi connectivity index (χ1v) is 20.5. The number of rotatable bonds is 16. The van der Waals surface area contributed by atoms with Crippen molar-refractivity contribution in [2.45, 2.75) is 125 Å². The fraction of sp³-hybridized carbons (Fsp3) is 0.659. The average molecular weight is 915 g/mol. The monoisotopic (exact) mass is 915 g/mol. The third-order valence-electron chi connectivity index (χ3n) is 9.17. The minimum atomic E-state index is -0.511. The third kappa shape index (κ3) is 24.8. The summed E-state index contributed by atoms with van der Waals surface area (Å²) in [5.74, 6) is 0.295. The molecule has 6 N–H and O–H groups in total. The van der Waals surface area contributed by atoms with Gasteiger partial charge < -0.3 is 45.9 Å². The normalized spacial score (nSPS) is 14.8. The van der Waals surface area contributed by atoms with Gasteiger partial charge in [0.25, 0.3) is 0 Å². The molecule has 0 amide bonds. The zero-order valence-electron chi connectivity index (χ0n) is 38.2. The number of hydrogen-bond donors (Lipinski definition) is 3. The van der Waals surface area contributed by atoms with E-state index in [0.29, 0.717) is 43.2 Å². The molecule has 0 bridgehead atoms. The Morgan fingerprint density at radius 3 is 1.67 bits per heavy atom. The third-order valence-corrected chi connectivity index (χ3v) is 9.17. The van der Waals surface area contributed by atoms with Crippen LogP contribution in [0.25, 0.3) is 0 Å². The summed E-state index contributed by atoms with van der Waals surface area (Å²) >= 11 is 0. The van der Waals surface area contributed by atoms with Crippen molar-refractivity contribution in [1.82, 2.24) is 29.7 Å². The van der Waals surface area contributed by atoms with Crippen LogP contribution in [-0.2, 0) is 44.7 Å². The number of ketones is 2. The predicted molar refractivity (Wildman–Crippen MR) is 239 cm³/mol. The minimum absolute atomic E-state index is 0. The molecule has 2 heterocycles. The van der Waals surface area contributed by atoms with Crippen LogP contribution >= 0.6 is 0 Å². The molecular weight excluding hydrogens is 840 g/mol. The summed E-state index contributed by atoms with van der Waals surface area (Å²) in [6.45, 7) is 8.25. The molecule has 4 aliphatic carbocycles. The van der Waals surface area contributed by atoms with Crippen LogP contribution in [-0.4, -0.2) is 131 Å². The SMILES string of the molecule is C.C.CCOC(=O)/C(=C\N(C)C)C(=O)C1CC1.CCOC(=O)CC(=O)C1CC1.CCOC(=O)c1cnc(N)nc1C1CC1.COC(C)N(C)C.Nc1ncc(CO)c(C2CC2)n1.[Na+].[OH-]. The van der Waals surface area contributed by atoms with Crippen LogP contribution in [0.1, 0.15) is 139 Å². The van der Waals surface area contributed by atoms with Crippen molar-refractivity contribution >= 4 is 41.4 Å². The maximum atomic E-state index is 11.8. The second kappa shape index (κ2) is 33.4. The first-order valence-electron chi connectivity index (χ1n) is 20.5. The Kier molecular flexibility index (Phi) is 33.5. The van der Waals surface area contributed by atoms with E-state index in [2.05, 4.69) is 24.7 Å². The Morgan fingerprint density at radius 1 is 0.781 bits per heavy atom. The Hall–Kier alpha value is -4.11. The topological polar surface area (TPSA) is 283 Å². The smallest absolute Gasteiger partial charge is 0.870 e. The number of aromatic nitrogens is 4. The Morgan fingerprint density at radius 2 is 1.27 bits per heavy atom. The van der Waals surface area contributed by atoms with Gasteiger partial charge in [-0.2, -0.15) is 0 Å². The Balaban J connectivity index is -0.000000729. The number of nitrogen functional groups attached to an aromatic ring is 2. The van der Waals surface area contributed by atoms with E-state index in [1.807, 2.05) is 25.9 Å². The number of nitrogens with zero attached hydrogens (tertiary/aromatic N) is 6. The summed E-state index contributed by atoms with van der Waals surface area (Å²) < 4.78 is 19.3. The largest absolute Gasteiger partial charge is 1.00 e. The zero-order valence-corrected chi connectivity index (χ0v) is 40.2. The maximum Gasteiger partial charge on any atom is 1.00 e. The van der Waals surface area contributed by atoms with Gasteiger partial charge in [0.2, 0.25) is 11.9 Å². The fourth-order valence-electron chi connectivity index (χ4n) is 5.07. The number of aliphatic hydroxyl groups excluding tert-OH is 1. The van der Waals surface area contributed by atoms with E-state index in [1.165, 1.54) is 6.20 Å². The van der Waals surface area contributed by atoms with Crippen molar-refractivity contribution in [1.29, 1.82) is 0 Å². The van der Waals surface area contributed by atoms with E-state index in [4.69, 9.17) is 30.8 Å². The van der Waals surface area contributed by atoms with E-state index >= 15 is 0 Å². The van der Waals surface area contributed by atoms with Gasteiger partial charge in [0.15, 0.2) is 5.78 Å². The van der Waals surface area contributed by atoms with E-state index in [1.54, 1.807) is 59.3 Å². The van der Waals surface area contributed by atoms with Gasteiger partial charge in [-0.15, -0.1) is 0 Å². The van der Waals surface area contributed by atoms with Crippen LogP contribution in [0.2, 0.25) is 0 Å². The zero-order chi connectivity index (χ0) is 44.9. The summed E-state index contributed by atoms with van der Waals surface area (Å²) in [4.78, 5) is 76.1. The van der Waals surface area contributed by atoms with Crippen LogP contribution in [0.4, 0.5) is 11.9 Å².